The lowest BCUT2D eigenvalue weighted by molar-refractivity contribution is -0.134. The first-order chi connectivity index (χ1) is 13.4. The molecule has 6 heteroatoms. The average Bonchev–Trinajstić information content (AvgIpc) is 3.30. The van der Waals surface area contributed by atoms with Crippen molar-refractivity contribution >= 4 is 11.8 Å². The van der Waals surface area contributed by atoms with Crippen LogP contribution in [0.3, 0.4) is 0 Å². The summed E-state index contributed by atoms with van der Waals surface area (Å²) in [6, 6.07) is 11.7. The first-order valence-corrected chi connectivity index (χ1v) is 9.98. The van der Waals surface area contributed by atoms with E-state index in [2.05, 4.69) is 17.4 Å². The number of nitrogens with one attached hydrogen (secondary N) is 1. The monoisotopic (exact) mass is 381 g/mol. The second-order valence-corrected chi connectivity index (χ2v) is 8.56. The molecular formula is C22H27N3O3. The Morgan fingerprint density at radius 1 is 1.21 bits per heavy atom. The molecule has 1 aliphatic carbocycles. The van der Waals surface area contributed by atoms with Gasteiger partial charge < -0.3 is 14.7 Å². The standard InChI is InChI=1S/C22H27N3O3/c1-16(26)25-12-11-22(15-25,20(27)23-21(2)9-6-10-21)14-18-13-19(24-28-18)17-7-4-3-5-8-17/h3-5,7-8,13H,6,9-12,14-15H2,1-2H3,(H,23,27). The number of hydrogen-bond donors (Lipinski definition) is 1. The second-order valence-electron chi connectivity index (χ2n) is 8.56. The van der Waals surface area contributed by atoms with E-state index in [0.717, 1.165) is 30.5 Å². The fourth-order valence-corrected chi connectivity index (χ4v) is 4.26. The van der Waals surface area contributed by atoms with Gasteiger partial charge in [-0.15, -0.1) is 0 Å². The van der Waals surface area contributed by atoms with Crippen molar-refractivity contribution in [1.29, 1.82) is 0 Å². The third-order valence-electron chi connectivity index (χ3n) is 6.29. The van der Waals surface area contributed by atoms with E-state index >= 15 is 0 Å². The van der Waals surface area contributed by atoms with Crippen LogP contribution in [0.1, 0.15) is 45.3 Å². The van der Waals surface area contributed by atoms with Gasteiger partial charge >= 0.3 is 0 Å². The third kappa shape index (κ3) is 3.55. The van der Waals surface area contributed by atoms with Crippen molar-refractivity contribution in [2.45, 2.75) is 51.5 Å². The molecule has 28 heavy (non-hydrogen) atoms. The summed E-state index contributed by atoms with van der Waals surface area (Å²) in [4.78, 5) is 27.0. The first kappa shape index (κ1) is 18.7. The number of nitrogens with zero attached hydrogens (tertiary/aromatic N) is 2. The van der Waals surface area contributed by atoms with Crippen LogP contribution in [0.25, 0.3) is 11.3 Å². The van der Waals surface area contributed by atoms with Gasteiger partial charge in [0.1, 0.15) is 11.5 Å². The molecule has 1 aliphatic heterocycles. The van der Waals surface area contributed by atoms with Gasteiger partial charge in [-0.25, -0.2) is 0 Å². The summed E-state index contributed by atoms with van der Waals surface area (Å²) in [5.41, 5.74) is 0.954. The molecule has 1 N–H and O–H groups in total. The molecule has 1 aromatic heterocycles. The molecule has 4 rings (SSSR count). The van der Waals surface area contributed by atoms with E-state index in [0.29, 0.717) is 31.7 Å². The maximum Gasteiger partial charge on any atom is 0.228 e. The highest BCUT2D eigenvalue weighted by Gasteiger charge is 2.48. The van der Waals surface area contributed by atoms with Gasteiger partial charge in [0.15, 0.2) is 0 Å². The summed E-state index contributed by atoms with van der Waals surface area (Å²) in [6.07, 6.45) is 4.23. The lowest BCUT2D eigenvalue weighted by Crippen LogP contribution is -2.56. The summed E-state index contributed by atoms with van der Waals surface area (Å²) < 4.78 is 5.59. The zero-order valence-electron chi connectivity index (χ0n) is 16.5. The summed E-state index contributed by atoms with van der Waals surface area (Å²) >= 11 is 0. The van der Waals surface area contributed by atoms with Gasteiger partial charge in [0.25, 0.3) is 0 Å². The molecule has 148 valence electrons. The third-order valence-corrected chi connectivity index (χ3v) is 6.29. The van der Waals surface area contributed by atoms with Crippen molar-refractivity contribution in [2.24, 2.45) is 5.41 Å². The Kier molecular flexibility index (Phi) is 4.73. The Labute approximate surface area is 165 Å². The van der Waals surface area contributed by atoms with Crippen molar-refractivity contribution in [3.63, 3.8) is 0 Å². The highest BCUT2D eigenvalue weighted by atomic mass is 16.5. The predicted molar refractivity (Wildman–Crippen MR) is 105 cm³/mol. The minimum atomic E-state index is -0.669. The van der Waals surface area contributed by atoms with Crippen LogP contribution < -0.4 is 5.32 Å². The first-order valence-electron chi connectivity index (χ1n) is 9.98. The van der Waals surface area contributed by atoms with Crippen LogP contribution in [-0.2, 0) is 16.0 Å². The molecule has 2 heterocycles. The maximum absolute atomic E-state index is 13.3. The zero-order chi connectivity index (χ0) is 19.8. The highest BCUT2D eigenvalue weighted by Crippen LogP contribution is 2.38. The number of likely N-dealkylation sites (tertiary alicyclic amines) is 1. The number of amides is 2. The van der Waals surface area contributed by atoms with Gasteiger partial charge in [-0.2, -0.15) is 0 Å². The van der Waals surface area contributed by atoms with Crippen molar-refractivity contribution in [1.82, 2.24) is 15.4 Å². The van der Waals surface area contributed by atoms with Gasteiger partial charge in [0.2, 0.25) is 11.8 Å². The molecule has 0 radical (unpaired) electrons. The van der Waals surface area contributed by atoms with E-state index in [1.54, 1.807) is 11.8 Å². The summed E-state index contributed by atoms with van der Waals surface area (Å²) in [7, 11) is 0. The van der Waals surface area contributed by atoms with Gasteiger partial charge in [-0.05, 0) is 32.6 Å². The molecule has 1 saturated heterocycles. The topological polar surface area (TPSA) is 75.4 Å². The SMILES string of the molecule is CC(=O)N1CCC(Cc2cc(-c3ccccc3)no2)(C(=O)NC2(C)CCC2)C1. The van der Waals surface area contributed by atoms with Crippen molar-refractivity contribution in [2.75, 3.05) is 13.1 Å². The summed E-state index contributed by atoms with van der Waals surface area (Å²) in [5.74, 6) is 0.710. The fraction of sp³-hybridized carbons (Fsp3) is 0.500. The maximum atomic E-state index is 13.3. The van der Waals surface area contributed by atoms with E-state index in [1.165, 1.54) is 0 Å². The Bertz CT molecular complexity index is 872. The van der Waals surface area contributed by atoms with E-state index in [1.807, 2.05) is 36.4 Å². The molecule has 2 fully saturated rings. The van der Waals surface area contributed by atoms with Crippen LogP contribution in [-0.4, -0.2) is 40.5 Å². The van der Waals surface area contributed by atoms with E-state index < -0.39 is 5.41 Å². The zero-order valence-corrected chi connectivity index (χ0v) is 16.5. The van der Waals surface area contributed by atoms with Crippen molar-refractivity contribution in [3.8, 4) is 11.3 Å². The average molecular weight is 381 g/mol. The highest BCUT2D eigenvalue weighted by molar-refractivity contribution is 5.86. The fourth-order valence-electron chi connectivity index (χ4n) is 4.26. The van der Waals surface area contributed by atoms with Crippen LogP contribution in [0.4, 0.5) is 0 Å². The molecule has 2 aromatic rings. The number of aromatic nitrogens is 1. The molecule has 0 spiro atoms. The molecule has 6 nitrogen and oxygen atoms in total. The summed E-state index contributed by atoms with van der Waals surface area (Å²) in [6.45, 7) is 4.68. The largest absolute Gasteiger partial charge is 0.361 e. The minimum Gasteiger partial charge on any atom is -0.361 e. The molecule has 1 saturated carbocycles. The van der Waals surface area contributed by atoms with Gasteiger partial charge in [0.05, 0.1) is 5.41 Å². The molecular weight excluding hydrogens is 354 g/mol. The van der Waals surface area contributed by atoms with Crippen LogP contribution in [0.15, 0.2) is 40.9 Å². The predicted octanol–water partition coefficient (Wildman–Crippen LogP) is 3.18. The van der Waals surface area contributed by atoms with Gasteiger partial charge in [0, 0.05) is 43.6 Å². The van der Waals surface area contributed by atoms with Crippen LogP contribution >= 0.6 is 0 Å². The molecule has 2 amide bonds. The quantitative estimate of drug-likeness (QED) is 0.863. The summed E-state index contributed by atoms with van der Waals surface area (Å²) in [5, 5.41) is 7.44. The van der Waals surface area contributed by atoms with E-state index in [9.17, 15) is 9.59 Å². The molecule has 1 unspecified atom stereocenters. The number of rotatable bonds is 5. The molecule has 1 atom stereocenters. The number of benzene rings is 1. The Morgan fingerprint density at radius 2 is 1.96 bits per heavy atom. The Hall–Kier alpha value is -2.63. The minimum absolute atomic E-state index is 0.00655. The Morgan fingerprint density at radius 3 is 2.57 bits per heavy atom. The number of hydrogen-bond acceptors (Lipinski definition) is 4. The van der Waals surface area contributed by atoms with Crippen LogP contribution in [0.2, 0.25) is 0 Å². The van der Waals surface area contributed by atoms with Crippen LogP contribution in [0, 0.1) is 5.41 Å². The lowest BCUT2D eigenvalue weighted by Gasteiger charge is -2.42. The smallest absolute Gasteiger partial charge is 0.228 e. The van der Waals surface area contributed by atoms with E-state index in [-0.39, 0.29) is 17.4 Å². The normalized spacial score (nSPS) is 23.3. The molecule has 1 aromatic carbocycles. The molecule has 0 bridgehead atoms. The van der Waals surface area contributed by atoms with Crippen molar-refractivity contribution < 1.29 is 14.1 Å². The number of carbonyl (C=O) groups is 2. The van der Waals surface area contributed by atoms with E-state index in [4.69, 9.17) is 4.52 Å². The Balaban J connectivity index is 1.57. The second kappa shape index (κ2) is 7.08. The van der Waals surface area contributed by atoms with Gasteiger partial charge in [-0.1, -0.05) is 35.5 Å². The van der Waals surface area contributed by atoms with Gasteiger partial charge in [-0.3, -0.25) is 9.59 Å². The lowest BCUT2D eigenvalue weighted by atomic mass is 9.75. The molecule has 2 aliphatic rings. The van der Waals surface area contributed by atoms with Crippen LogP contribution in [0.5, 0.6) is 0 Å². The number of carbonyl (C=O) groups excluding carboxylic acids is 2. The van der Waals surface area contributed by atoms with Crippen molar-refractivity contribution in [3.05, 3.63) is 42.2 Å².